The van der Waals surface area contributed by atoms with Gasteiger partial charge in [-0.25, -0.2) is 9.59 Å². The SMILES string of the molecule is C1CC1CN1C[C@@H]2C[C@H]1CN2.O=C(O)C(F)(F)F.O=C(O)C(F)(F)F. The first-order valence-electron chi connectivity index (χ1n) is 7.38. The second kappa shape index (κ2) is 8.21. The molecular formula is C13H18F6N2O4. The summed E-state index contributed by atoms with van der Waals surface area (Å²) in [6, 6.07) is 1.75. The molecule has 3 fully saturated rings. The van der Waals surface area contributed by atoms with E-state index in [1.807, 2.05) is 0 Å². The van der Waals surface area contributed by atoms with Gasteiger partial charge in [-0.05, 0) is 25.2 Å². The van der Waals surface area contributed by atoms with Gasteiger partial charge in [0.1, 0.15) is 0 Å². The molecule has 2 atom stereocenters. The van der Waals surface area contributed by atoms with Crippen LogP contribution in [0.15, 0.2) is 0 Å². The van der Waals surface area contributed by atoms with Crippen LogP contribution in [0.1, 0.15) is 19.3 Å². The number of piperazine rings is 1. The monoisotopic (exact) mass is 380 g/mol. The van der Waals surface area contributed by atoms with E-state index >= 15 is 0 Å². The van der Waals surface area contributed by atoms with Crippen LogP contribution in [0.3, 0.4) is 0 Å². The molecule has 0 aromatic carbocycles. The minimum absolute atomic E-state index is 0.846. The number of nitrogens with zero attached hydrogens (tertiary/aromatic N) is 1. The summed E-state index contributed by atoms with van der Waals surface area (Å²) in [5.41, 5.74) is 0. The van der Waals surface area contributed by atoms with Crippen LogP contribution < -0.4 is 5.32 Å². The molecule has 0 aromatic heterocycles. The second-order valence-corrected chi connectivity index (χ2v) is 6.00. The van der Waals surface area contributed by atoms with Gasteiger partial charge in [0, 0.05) is 31.7 Å². The summed E-state index contributed by atoms with van der Waals surface area (Å²) in [6.07, 6.45) is -5.74. The van der Waals surface area contributed by atoms with E-state index in [4.69, 9.17) is 19.8 Å². The third-order valence-corrected chi connectivity index (χ3v) is 3.84. The Morgan fingerprint density at radius 1 is 1.00 bits per heavy atom. The van der Waals surface area contributed by atoms with Gasteiger partial charge in [-0.1, -0.05) is 0 Å². The molecule has 25 heavy (non-hydrogen) atoms. The molecule has 2 bridgehead atoms. The highest BCUT2D eigenvalue weighted by Gasteiger charge is 2.40. The minimum atomic E-state index is -5.08. The molecule has 2 aliphatic heterocycles. The standard InChI is InChI=1S/C9H16N2.2C2HF3O2/c1-2-7(1)5-11-6-8-3-9(11)4-10-8;2*3-2(4,5)1(6)7/h7-10H,1-6H2;2*(H,6,7)/t8-,9-;;/m0../s1. The van der Waals surface area contributed by atoms with Crippen LogP contribution in [0.2, 0.25) is 0 Å². The molecule has 0 aromatic rings. The summed E-state index contributed by atoms with van der Waals surface area (Å²) in [4.78, 5) is 20.5. The van der Waals surface area contributed by atoms with Gasteiger partial charge in [-0.15, -0.1) is 0 Å². The Bertz CT molecular complexity index is 454. The lowest BCUT2D eigenvalue weighted by atomic mass is 10.2. The first-order chi connectivity index (χ1) is 11.3. The van der Waals surface area contributed by atoms with Crippen LogP contribution in [0.25, 0.3) is 0 Å². The summed E-state index contributed by atoms with van der Waals surface area (Å²) in [7, 11) is 0. The lowest BCUT2D eigenvalue weighted by Crippen LogP contribution is -2.44. The average molecular weight is 380 g/mol. The predicted molar refractivity (Wildman–Crippen MR) is 71.9 cm³/mol. The Labute approximate surface area is 138 Å². The molecule has 0 amide bonds. The number of nitrogens with one attached hydrogen (secondary N) is 1. The molecule has 3 aliphatic rings. The van der Waals surface area contributed by atoms with E-state index in [-0.39, 0.29) is 0 Å². The van der Waals surface area contributed by atoms with Crippen molar-refractivity contribution < 1.29 is 46.1 Å². The lowest BCUT2D eigenvalue weighted by Gasteiger charge is -2.26. The van der Waals surface area contributed by atoms with Gasteiger partial charge in [0.05, 0.1) is 0 Å². The van der Waals surface area contributed by atoms with Gasteiger partial charge in [-0.2, -0.15) is 26.3 Å². The fraction of sp³-hybridized carbons (Fsp3) is 0.846. The van der Waals surface area contributed by atoms with Crippen LogP contribution in [-0.2, 0) is 9.59 Å². The smallest absolute Gasteiger partial charge is 0.475 e. The zero-order valence-corrected chi connectivity index (χ0v) is 12.9. The number of rotatable bonds is 2. The Hall–Kier alpha value is -1.56. The fourth-order valence-corrected chi connectivity index (χ4v) is 2.50. The fourth-order valence-electron chi connectivity index (χ4n) is 2.50. The summed E-state index contributed by atoms with van der Waals surface area (Å²) < 4.78 is 63.5. The molecule has 12 heteroatoms. The summed E-state index contributed by atoms with van der Waals surface area (Å²) in [5, 5.41) is 17.8. The molecule has 3 rings (SSSR count). The van der Waals surface area contributed by atoms with Crippen molar-refractivity contribution in [1.29, 1.82) is 0 Å². The van der Waals surface area contributed by atoms with Crippen LogP contribution in [-0.4, -0.2) is 71.1 Å². The van der Waals surface area contributed by atoms with Crippen molar-refractivity contribution in [2.75, 3.05) is 19.6 Å². The Morgan fingerprint density at radius 3 is 1.68 bits per heavy atom. The van der Waals surface area contributed by atoms with Gasteiger partial charge in [0.25, 0.3) is 0 Å². The zero-order chi connectivity index (χ0) is 19.4. The molecule has 146 valence electrons. The Morgan fingerprint density at radius 2 is 1.44 bits per heavy atom. The first-order valence-corrected chi connectivity index (χ1v) is 7.38. The topological polar surface area (TPSA) is 89.9 Å². The van der Waals surface area contributed by atoms with Crippen LogP contribution in [0.4, 0.5) is 26.3 Å². The van der Waals surface area contributed by atoms with E-state index in [9.17, 15) is 26.3 Å². The number of hydrogen-bond donors (Lipinski definition) is 3. The van der Waals surface area contributed by atoms with Crippen molar-refractivity contribution in [2.24, 2.45) is 5.92 Å². The van der Waals surface area contributed by atoms with E-state index in [1.165, 1.54) is 38.9 Å². The highest BCUT2D eigenvalue weighted by molar-refractivity contribution is 5.73. The molecule has 0 unspecified atom stereocenters. The maximum absolute atomic E-state index is 10.6. The Kier molecular flexibility index (Phi) is 7.06. The molecule has 3 N–H and O–H groups in total. The van der Waals surface area contributed by atoms with Gasteiger partial charge in [-0.3, -0.25) is 4.90 Å². The predicted octanol–water partition coefficient (Wildman–Crippen LogP) is 1.71. The summed E-state index contributed by atoms with van der Waals surface area (Å²) in [5.74, 6) is -4.44. The third-order valence-electron chi connectivity index (χ3n) is 3.84. The largest absolute Gasteiger partial charge is 0.490 e. The number of hydrogen-bond acceptors (Lipinski definition) is 4. The van der Waals surface area contributed by atoms with Gasteiger partial charge in [0.15, 0.2) is 0 Å². The van der Waals surface area contributed by atoms with Crippen molar-refractivity contribution in [3.8, 4) is 0 Å². The number of aliphatic carboxylic acids is 2. The van der Waals surface area contributed by atoms with E-state index < -0.39 is 24.3 Å². The summed E-state index contributed by atoms with van der Waals surface area (Å²) >= 11 is 0. The van der Waals surface area contributed by atoms with Crippen molar-refractivity contribution in [3.63, 3.8) is 0 Å². The molecule has 6 nitrogen and oxygen atoms in total. The second-order valence-electron chi connectivity index (χ2n) is 6.00. The van der Waals surface area contributed by atoms with Crippen molar-refractivity contribution in [1.82, 2.24) is 10.2 Å². The maximum atomic E-state index is 10.6. The number of likely N-dealkylation sites (tertiary alicyclic amines) is 1. The molecule has 0 radical (unpaired) electrons. The number of carbonyl (C=O) groups is 2. The van der Waals surface area contributed by atoms with Gasteiger partial charge < -0.3 is 15.5 Å². The minimum Gasteiger partial charge on any atom is -0.475 e. The van der Waals surface area contributed by atoms with Crippen LogP contribution in [0, 0.1) is 5.92 Å². The molecule has 1 aliphatic carbocycles. The molecule has 2 heterocycles. The number of alkyl halides is 6. The van der Waals surface area contributed by atoms with Gasteiger partial charge in [0.2, 0.25) is 0 Å². The van der Waals surface area contributed by atoms with Gasteiger partial charge >= 0.3 is 24.3 Å². The maximum Gasteiger partial charge on any atom is 0.490 e. The van der Waals surface area contributed by atoms with Crippen LogP contribution >= 0.6 is 0 Å². The molecule has 1 saturated carbocycles. The molecular weight excluding hydrogens is 362 g/mol. The van der Waals surface area contributed by atoms with E-state index in [2.05, 4.69) is 10.2 Å². The van der Waals surface area contributed by atoms with Crippen LogP contribution in [0.5, 0.6) is 0 Å². The quantitative estimate of drug-likeness (QED) is 0.632. The average Bonchev–Trinajstić information content (AvgIpc) is 3.02. The highest BCUT2D eigenvalue weighted by atomic mass is 19.4. The summed E-state index contributed by atoms with van der Waals surface area (Å²) in [6.45, 7) is 4.00. The molecule has 0 spiro atoms. The lowest BCUT2D eigenvalue weighted by molar-refractivity contribution is -0.193. The number of carboxylic acid groups (broad SMARTS) is 2. The normalized spacial score (nSPS) is 25.5. The first kappa shape index (κ1) is 21.5. The van der Waals surface area contributed by atoms with E-state index in [0.717, 1.165) is 18.0 Å². The number of halogens is 6. The van der Waals surface area contributed by atoms with Crippen molar-refractivity contribution in [2.45, 2.75) is 43.7 Å². The van der Waals surface area contributed by atoms with Crippen molar-refractivity contribution in [3.05, 3.63) is 0 Å². The number of carboxylic acids is 2. The van der Waals surface area contributed by atoms with Crippen molar-refractivity contribution >= 4 is 11.9 Å². The number of fused-ring (bicyclic) bond motifs is 2. The highest BCUT2D eigenvalue weighted by Crippen LogP contribution is 2.33. The Balaban J connectivity index is 0.000000199. The molecule has 2 saturated heterocycles. The van der Waals surface area contributed by atoms with E-state index in [1.54, 1.807) is 0 Å². The third kappa shape index (κ3) is 7.90. The zero-order valence-electron chi connectivity index (χ0n) is 12.9. The van der Waals surface area contributed by atoms with E-state index in [0.29, 0.717) is 0 Å².